The van der Waals surface area contributed by atoms with E-state index in [0.29, 0.717) is 0 Å². The van der Waals surface area contributed by atoms with E-state index >= 15 is 0 Å². The summed E-state index contributed by atoms with van der Waals surface area (Å²) in [6.45, 7) is 0. The number of aromatic nitrogens is 1. The smallest absolute Gasteiger partial charge is 0.114 e. The number of furan rings is 1. The van der Waals surface area contributed by atoms with E-state index in [-0.39, 0.29) is 0 Å². The van der Waals surface area contributed by atoms with Crippen molar-refractivity contribution in [2.45, 2.75) is 0 Å². The van der Waals surface area contributed by atoms with Gasteiger partial charge in [-0.25, -0.2) is 0 Å². The van der Waals surface area contributed by atoms with Gasteiger partial charge in [-0.1, -0.05) is 0 Å². The second-order valence-corrected chi connectivity index (χ2v) is 1.99. The molecule has 0 aromatic carbocycles. The minimum Gasteiger partial charge on any atom is -0.470 e. The normalized spacial score (nSPS) is 10.0. The summed E-state index contributed by atoms with van der Waals surface area (Å²) >= 11 is 0. The molecular weight excluding hydrogens is 126 g/mol. The van der Waals surface area contributed by atoms with Crippen LogP contribution in [0.25, 0.3) is 5.69 Å². The zero-order valence-electron chi connectivity index (χ0n) is 5.32. The second kappa shape index (κ2) is 2.06. The maximum atomic E-state index is 4.90. The van der Waals surface area contributed by atoms with Crippen molar-refractivity contribution in [3.8, 4) is 5.69 Å². The summed E-state index contributed by atoms with van der Waals surface area (Å²) in [5.74, 6) is 0. The molecule has 0 N–H and O–H groups in total. The third-order valence-electron chi connectivity index (χ3n) is 1.33. The van der Waals surface area contributed by atoms with E-state index in [2.05, 4.69) is 6.20 Å². The molecule has 2 nitrogen and oxygen atoms in total. The molecule has 2 heteroatoms. The fraction of sp³-hybridized carbons (Fsp3) is 0. The molecule has 2 aromatic heterocycles. The Morgan fingerprint density at radius 1 is 1.50 bits per heavy atom. The number of hydrogen-bond donors (Lipinski definition) is 0. The lowest BCUT2D eigenvalue weighted by molar-refractivity contribution is 0.565. The van der Waals surface area contributed by atoms with Crippen LogP contribution in [-0.4, -0.2) is 4.57 Å². The molecule has 1 radical (unpaired) electrons. The molecule has 0 aliphatic carbocycles. The Balaban J connectivity index is 2.48. The molecule has 0 aliphatic rings. The van der Waals surface area contributed by atoms with E-state index in [1.807, 2.05) is 29.0 Å². The fourth-order valence-electron chi connectivity index (χ4n) is 0.850. The van der Waals surface area contributed by atoms with Crippen LogP contribution in [0.15, 0.2) is 41.3 Å². The van der Waals surface area contributed by atoms with Gasteiger partial charge in [-0.3, -0.25) is 0 Å². The third-order valence-corrected chi connectivity index (χ3v) is 1.33. The Morgan fingerprint density at radius 3 is 3.10 bits per heavy atom. The standard InChI is InChI=1S/C8H6NO/c1-2-5-9(4-1)8-3-6-10-7-8/h1-4,6-7H. The van der Waals surface area contributed by atoms with Crippen molar-refractivity contribution >= 4 is 0 Å². The van der Waals surface area contributed by atoms with Gasteiger partial charge in [0, 0.05) is 12.3 Å². The van der Waals surface area contributed by atoms with Gasteiger partial charge in [0.2, 0.25) is 0 Å². The second-order valence-electron chi connectivity index (χ2n) is 1.99. The highest BCUT2D eigenvalue weighted by Crippen LogP contribution is 2.06. The molecule has 0 atom stereocenters. The zero-order chi connectivity index (χ0) is 6.81. The molecular formula is C8H6NO. The van der Waals surface area contributed by atoms with Crippen LogP contribution in [0.3, 0.4) is 0 Å². The highest BCUT2D eigenvalue weighted by Gasteiger charge is 1.92. The van der Waals surface area contributed by atoms with Gasteiger partial charge < -0.3 is 8.98 Å². The first-order valence-electron chi connectivity index (χ1n) is 3.04. The van der Waals surface area contributed by atoms with Crippen molar-refractivity contribution in [3.63, 3.8) is 0 Å². The highest BCUT2D eigenvalue weighted by atomic mass is 16.3. The van der Waals surface area contributed by atoms with E-state index in [0.717, 1.165) is 5.69 Å². The maximum absolute atomic E-state index is 4.90. The van der Waals surface area contributed by atoms with Gasteiger partial charge in [0.05, 0.1) is 18.1 Å². The molecule has 0 bridgehead atoms. The van der Waals surface area contributed by atoms with Crippen molar-refractivity contribution in [1.29, 1.82) is 0 Å². The molecule has 10 heavy (non-hydrogen) atoms. The first-order valence-corrected chi connectivity index (χ1v) is 3.04. The van der Waals surface area contributed by atoms with Crippen LogP contribution in [0.5, 0.6) is 0 Å². The summed E-state index contributed by atoms with van der Waals surface area (Å²) in [7, 11) is 0. The molecule has 2 rings (SSSR count). The van der Waals surface area contributed by atoms with Gasteiger partial charge in [0.25, 0.3) is 0 Å². The van der Waals surface area contributed by atoms with Crippen LogP contribution in [0, 0.1) is 6.20 Å². The first-order chi connectivity index (χ1) is 4.97. The Morgan fingerprint density at radius 2 is 2.50 bits per heavy atom. The van der Waals surface area contributed by atoms with Crippen LogP contribution >= 0.6 is 0 Å². The third kappa shape index (κ3) is 0.739. The predicted octanol–water partition coefficient (Wildman–Crippen LogP) is 1.87. The van der Waals surface area contributed by atoms with Gasteiger partial charge in [-0.05, 0) is 12.1 Å². The Labute approximate surface area is 58.7 Å². The molecule has 0 saturated heterocycles. The van der Waals surface area contributed by atoms with Crippen LogP contribution in [-0.2, 0) is 0 Å². The summed E-state index contributed by atoms with van der Waals surface area (Å²) in [6.07, 6.45) is 8.24. The number of nitrogens with zero attached hydrogens (tertiary/aromatic N) is 1. The molecule has 0 aliphatic heterocycles. The Bertz CT molecular complexity index is 249. The molecule has 0 fully saturated rings. The summed E-state index contributed by atoms with van der Waals surface area (Å²) in [4.78, 5) is 0. The minimum absolute atomic E-state index is 1.00. The number of rotatable bonds is 1. The summed E-state index contributed by atoms with van der Waals surface area (Å²) in [6, 6.07) is 5.66. The van der Waals surface area contributed by atoms with Crippen molar-refractivity contribution in [1.82, 2.24) is 4.57 Å². The van der Waals surface area contributed by atoms with Gasteiger partial charge in [0.15, 0.2) is 0 Å². The molecule has 2 heterocycles. The largest absolute Gasteiger partial charge is 0.470 e. The lowest BCUT2D eigenvalue weighted by Gasteiger charge is -1.91. The predicted molar refractivity (Wildman–Crippen MR) is 36.9 cm³/mol. The molecule has 0 amide bonds. The van der Waals surface area contributed by atoms with E-state index in [1.54, 1.807) is 12.5 Å². The average molecular weight is 132 g/mol. The summed E-state index contributed by atoms with van der Waals surface area (Å²) in [5, 5.41) is 0. The van der Waals surface area contributed by atoms with Crippen LogP contribution in [0.4, 0.5) is 0 Å². The molecule has 0 unspecified atom stereocenters. The van der Waals surface area contributed by atoms with E-state index in [1.165, 1.54) is 0 Å². The Hall–Kier alpha value is -1.44. The SMILES string of the molecule is [c]1cccn1-c1ccoc1. The van der Waals surface area contributed by atoms with Gasteiger partial charge in [-0.2, -0.15) is 0 Å². The molecule has 49 valence electrons. The quantitative estimate of drug-likeness (QED) is 0.579. The van der Waals surface area contributed by atoms with Crippen LogP contribution < -0.4 is 0 Å². The van der Waals surface area contributed by atoms with Crippen molar-refractivity contribution in [3.05, 3.63) is 43.1 Å². The summed E-state index contributed by atoms with van der Waals surface area (Å²) < 4.78 is 6.76. The lowest BCUT2D eigenvalue weighted by Crippen LogP contribution is -1.84. The topological polar surface area (TPSA) is 18.1 Å². The van der Waals surface area contributed by atoms with Crippen molar-refractivity contribution < 1.29 is 4.42 Å². The summed E-state index contributed by atoms with van der Waals surface area (Å²) in [5.41, 5.74) is 1.00. The monoisotopic (exact) mass is 132 g/mol. The van der Waals surface area contributed by atoms with Gasteiger partial charge in [0.1, 0.15) is 6.26 Å². The van der Waals surface area contributed by atoms with E-state index in [9.17, 15) is 0 Å². The minimum atomic E-state index is 1.00. The zero-order valence-corrected chi connectivity index (χ0v) is 5.32. The van der Waals surface area contributed by atoms with Gasteiger partial charge in [-0.15, -0.1) is 0 Å². The number of hydrogen-bond acceptors (Lipinski definition) is 1. The van der Waals surface area contributed by atoms with E-state index < -0.39 is 0 Å². The highest BCUT2D eigenvalue weighted by molar-refractivity contribution is 5.26. The lowest BCUT2D eigenvalue weighted by atomic mass is 10.5. The average Bonchev–Trinajstić information content (AvgIpc) is 2.59. The van der Waals surface area contributed by atoms with Crippen LogP contribution in [0.2, 0.25) is 0 Å². The van der Waals surface area contributed by atoms with Crippen LogP contribution in [0.1, 0.15) is 0 Å². The molecule has 0 saturated carbocycles. The van der Waals surface area contributed by atoms with E-state index in [4.69, 9.17) is 4.42 Å². The maximum Gasteiger partial charge on any atom is 0.114 e. The molecule has 0 spiro atoms. The van der Waals surface area contributed by atoms with Crippen molar-refractivity contribution in [2.75, 3.05) is 0 Å². The first kappa shape index (κ1) is 5.35. The fourth-order valence-corrected chi connectivity index (χ4v) is 0.850. The van der Waals surface area contributed by atoms with Gasteiger partial charge >= 0.3 is 0 Å². The molecule has 2 aromatic rings. The Kier molecular flexibility index (Phi) is 1.10. The van der Waals surface area contributed by atoms with Crippen molar-refractivity contribution in [2.24, 2.45) is 0 Å².